The normalized spacial score (nSPS) is 10.8. The third-order valence-electron chi connectivity index (χ3n) is 3.68. The summed E-state index contributed by atoms with van der Waals surface area (Å²) in [6.45, 7) is -0.370. The second-order valence-electron chi connectivity index (χ2n) is 5.57. The zero-order valence-electron chi connectivity index (χ0n) is 13.8. The highest BCUT2D eigenvalue weighted by Gasteiger charge is 2.06. The number of halogens is 1. The fourth-order valence-electron chi connectivity index (χ4n) is 2.50. The fourth-order valence-corrected chi connectivity index (χ4v) is 2.69. The van der Waals surface area contributed by atoms with Gasteiger partial charge in [0, 0.05) is 16.8 Å². The van der Waals surface area contributed by atoms with E-state index in [1.54, 1.807) is 30.3 Å². The second kappa shape index (κ2) is 8.32. The van der Waals surface area contributed by atoms with Gasteiger partial charge in [0.25, 0.3) is 5.91 Å². The summed E-state index contributed by atoms with van der Waals surface area (Å²) in [6.07, 6.45) is 2.99. The number of ether oxygens (including phenoxy) is 1. The van der Waals surface area contributed by atoms with Crippen molar-refractivity contribution in [2.45, 2.75) is 0 Å². The van der Waals surface area contributed by atoms with Gasteiger partial charge >= 0.3 is 5.97 Å². The van der Waals surface area contributed by atoms with Crippen LogP contribution in [0, 0.1) is 0 Å². The van der Waals surface area contributed by atoms with E-state index >= 15 is 0 Å². The van der Waals surface area contributed by atoms with Crippen molar-refractivity contribution in [3.8, 4) is 0 Å². The Bertz CT molecular complexity index is 976. The van der Waals surface area contributed by atoms with Crippen molar-refractivity contribution in [2.24, 2.45) is 0 Å². The highest BCUT2D eigenvalue weighted by molar-refractivity contribution is 6.30. The first-order chi connectivity index (χ1) is 12.6. The number of hydrogen-bond donors (Lipinski definition) is 1. The van der Waals surface area contributed by atoms with Crippen LogP contribution in [-0.2, 0) is 14.3 Å². The van der Waals surface area contributed by atoms with Gasteiger partial charge < -0.3 is 10.1 Å². The summed E-state index contributed by atoms with van der Waals surface area (Å²) >= 11 is 5.85. The Morgan fingerprint density at radius 2 is 1.77 bits per heavy atom. The molecule has 4 nitrogen and oxygen atoms in total. The third kappa shape index (κ3) is 4.71. The van der Waals surface area contributed by atoms with Gasteiger partial charge in [-0.15, -0.1) is 0 Å². The Balaban J connectivity index is 1.56. The molecular formula is C21H16ClNO3. The predicted octanol–water partition coefficient (Wildman–Crippen LogP) is 4.69. The van der Waals surface area contributed by atoms with Gasteiger partial charge in [-0.05, 0) is 40.6 Å². The van der Waals surface area contributed by atoms with Crippen LogP contribution < -0.4 is 5.32 Å². The van der Waals surface area contributed by atoms with Crippen molar-refractivity contribution >= 4 is 46.0 Å². The SMILES string of the molecule is O=C(COC(=O)/C=C/c1cccc2ccccc12)Nc1cccc(Cl)c1. The van der Waals surface area contributed by atoms with E-state index in [1.165, 1.54) is 6.08 Å². The topological polar surface area (TPSA) is 55.4 Å². The first-order valence-electron chi connectivity index (χ1n) is 8.00. The average Bonchev–Trinajstić information content (AvgIpc) is 2.64. The minimum Gasteiger partial charge on any atom is -0.452 e. The molecule has 0 heterocycles. The molecule has 0 saturated carbocycles. The van der Waals surface area contributed by atoms with Crippen LogP contribution in [0.2, 0.25) is 5.02 Å². The highest BCUT2D eigenvalue weighted by atomic mass is 35.5. The summed E-state index contributed by atoms with van der Waals surface area (Å²) < 4.78 is 4.97. The van der Waals surface area contributed by atoms with Gasteiger partial charge in [-0.2, -0.15) is 0 Å². The van der Waals surface area contributed by atoms with Crippen molar-refractivity contribution in [1.29, 1.82) is 0 Å². The lowest BCUT2D eigenvalue weighted by Crippen LogP contribution is -2.20. The van der Waals surface area contributed by atoms with Crippen LogP contribution in [0.25, 0.3) is 16.8 Å². The molecule has 0 aromatic heterocycles. The molecule has 26 heavy (non-hydrogen) atoms. The van der Waals surface area contributed by atoms with E-state index < -0.39 is 11.9 Å². The molecule has 3 aromatic rings. The van der Waals surface area contributed by atoms with Crippen molar-refractivity contribution in [2.75, 3.05) is 11.9 Å². The molecule has 1 N–H and O–H groups in total. The molecule has 5 heteroatoms. The summed E-state index contributed by atoms with van der Waals surface area (Å²) in [4.78, 5) is 23.7. The lowest BCUT2D eigenvalue weighted by atomic mass is 10.0. The van der Waals surface area contributed by atoms with Crippen molar-refractivity contribution in [3.05, 3.63) is 83.4 Å². The number of hydrogen-bond acceptors (Lipinski definition) is 3. The first-order valence-corrected chi connectivity index (χ1v) is 8.37. The molecule has 0 aliphatic rings. The van der Waals surface area contributed by atoms with Crippen LogP contribution >= 0.6 is 11.6 Å². The van der Waals surface area contributed by atoms with Gasteiger partial charge in [0.1, 0.15) is 0 Å². The average molecular weight is 366 g/mol. The number of fused-ring (bicyclic) bond motifs is 1. The number of carbonyl (C=O) groups excluding carboxylic acids is 2. The number of esters is 1. The summed E-state index contributed by atoms with van der Waals surface area (Å²) in [5, 5.41) is 5.25. The lowest BCUT2D eigenvalue weighted by Gasteiger charge is -2.05. The quantitative estimate of drug-likeness (QED) is 0.527. The molecule has 0 aliphatic carbocycles. The van der Waals surface area contributed by atoms with Crippen LogP contribution in [0.15, 0.2) is 72.8 Å². The van der Waals surface area contributed by atoms with Crippen molar-refractivity contribution < 1.29 is 14.3 Å². The molecular weight excluding hydrogens is 350 g/mol. The van der Waals surface area contributed by atoms with E-state index in [-0.39, 0.29) is 6.61 Å². The molecule has 0 radical (unpaired) electrons. The smallest absolute Gasteiger partial charge is 0.331 e. The number of anilines is 1. The number of amides is 1. The molecule has 0 fully saturated rings. The minimum atomic E-state index is -0.584. The Hall–Kier alpha value is -3.11. The van der Waals surface area contributed by atoms with Crippen molar-refractivity contribution in [3.63, 3.8) is 0 Å². The minimum absolute atomic E-state index is 0.370. The highest BCUT2D eigenvalue weighted by Crippen LogP contribution is 2.19. The number of nitrogens with one attached hydrogen (secondary N) is 1. The summed E-state index contributed by atoms with van der Waals surface area (Å²) in [7, 11) is 0. The Morgan fingerprint density at radius 1 is 1.00 bits per heavy atom. The van der Waals surface area contributed by atoms with Gasteiger partial charge in [-0.25, -0.2) is 4.79 Å². The first kappa shape index (κ1) is 17.7. The second-order valence-corrected chi connectivity index (χ2v) is 6.00. The fraction of sp³-hybridized carbons (Fsp3) is 0.0476. The van der Waals surface area contributed by atoms with Crippen LogP contribution in [0.4, 0.5) is 5.69 Å². The zero-order chi connectivity index (χ0) is 18.4. The van der Waals surface area contributed by atoms with E-state index in [1.807, 2.05) is 42.5 Å². The maximum Gasteiger partial charge on any atom is 0.331 e. The van der Waals surface area contributed by atoms with Crippen LogP contribution in [0.3, 0.4) is 0 Å². The number of rotatable bonds is 5. The molecule has 0 saturated heterocycles. The summed E-state index contributed by atoms with van der Waals surface area (Å²) in [5.74, 6) is -1.02. The van der Waals surface area contributed by atoms with Gasteiger partial charge in [0.05, 0.1) is 0 Å². The maximum absolute atomic E-state index is 11.9. The molecule has 0 unspecified atom stereocenters. The summed E-state index contributed by atoms with van der Waals surface area (Å²) in [6, 6.07) is 20.5. The lowest BCUT2D eigenvalue weighted by molar-refractivity contribution is -0.142. The third-order valence-corrected chi connectivity index (χ3v) is 3.91. The largest absolute Gasteiger partial charge is 0.452 e. The molecule has 1 amide bonds. The van der Waals surface area contributed by atoms with Gasteiger partial charge in [0.2, 0.25) is 0 Å². The van der Waals surface area contributed by atoms with E-state index in [2.05, 4.69) is 5.32 Å². The Morgan fingerprint density at radius 3 is 2.62 bits per heavy atom. The monoisotopic (exact) mass is 365 g/mol. The van der Waals surface area contributed by atoms with Crippen molar-refractivity contribution in [1.82, 2.24) is 0 Å². The molecule has 0 atom stereocenters. The zero-order valence-corrected chi connectivity index (χ0v) is 14.6. The standard InChI is InChI=1S/C21H16ClNO3/c22-17-8-4-9-18(13-17)23-20(24)14-26-21(25)12-11-16-7-3-6-15-5-1-2-10-19(15)16/h1-13H,14H2,(H,23,24)/b12-11+. The van der Waals surface area contributed by atoms with E-state index in [0.717, 1.165) is 16.3 Å². The van der Waals surface area contributed by atoms with Crippen LogP contribution in [0.1, 0.15) is 5.56 Å². The van der Waals surface area contributed by atoms with Crippen LogP contribution in [0.5, 0.6) is 0 Å². The number of carbonyl (C=O) groups is 2. The molecule has 3 aromatic carbocycles. The van der Waals surface area contributed by atoms with Gasteiger partial charge in [-0.1, -0.05) is 60.1 Å². The molecule has 0 spiro atoms. The molecule has 0 aliphatic heterocycles. The Labute approximate surface area is 156 Å². The summed E-state index contributed by atoms with van der Waals surface area (Å²) in [5.41, 5.74) is 1.45. The molecule has 130 valence electrons. The predicted molar refractivity (Wildman–Crippen MR) is 104 cm³/mol. The maximum atomic E-state index is 11.9. The van der Waals surface area contributed by atoms with E-state index in [4.69, 9.17) is 16.3 Å². The number of benzene rings is 3. The van der Waals surface area contributed by atoms with Gasteiger partial charge in [0.15, 0.2) is 6.61 Å². The molecule has 0 bridgehead atoms. The van der Waals surface area contributed by atoms with Crippen LogP contribution in [-0.4, -0.2) is 18.5 Å². The van der Waals surface area contributed by atoms with Gasteiger partial charge in [-0.3, -0.25) is 4.79 Å². The van der Waals surface area contributed by atoms with E-state index in [0.29, 0.717) is 10.7 Å². The Kier molecular flexibility index (Phi) is 5.66. The van der Waals surface area contributed by atoms with E-state index in [9.17, 15) is 9.59 Å². The molecule has 3 rings (SSSR count).